The second-order valence-electron chi connectivity index (χ2n) is 6.23. The third-order valence-electron chi connectivity index (χ3n) is 4.38. The van der Waals surface area contributed by atoms with Crippen LogP contribution in [-0.2, 0) is 0 Å². The summed E-state index contributed by atoms with van der Waals surface area (Å²) < 4.78 is 0. The smallest absolute Gasteiger partial charge is 0.255 e. The van der Waals surface area contributed by atoms with Gasteiger partial charge in [0.1, 0.15) is 5.82 Å². The molecule has 1 saturated heterocycles. The van der Waals surface area contributed by atoms with Crippen LogP contribution < -0.4 is 5.32 Å². The first-order valence-electron chi connectivity index (χ1n) is 8.42. The molecule has 2 rings (SSSR count). The summed E-state index contributed by atoms with van der Waals surface area (Å²) in [6, 6.07) is 4.51. The van der Waals surface area contributed by atoms with E-state index >= 15 is 0 Å². The number of amides is 1. The van der Waals surface area contributed by atoms with Crippen molar-refractivity contribution >= 4 is 11.7 Å². The van der Waals surface area contributed by atoms with Crippen LogP contribution in [0.1, 0.15) is 37.6 Å². The highest BCUT2D eigenvalue weighted by atomic mass is 16.3. The van der Waals surface area contributed by atoms with Gasteiger partial charge in [-0.3, -0.25) is 9.69 Å². The molecule has 1 atom stereocenters. The predicted molar refractivity (Wildman–Crippen MR) is 91.6 cm³/mol. The zero-order valence-electron chi connectivity index (χ0n) is 14.3. The van der Waals surface area contributed by atoms with E-state index in [0.29, 0.717) is 30.0 Å². The molecule has 0 saturated carbocycles. The number of piperazine rings is 1. The van der Waals surface area contributed by atoms with Crippen molar-refractivity contribution in [2.24, 2.45) is 0 Å². The van der Waals surface area contributed by atoms with Gasteiger partial charge >= 0.3 is 0 Å². The topological polar surface area (TPSA) is 68.7 Å². The largest absolute Gasteiger partial charge is 0.395 e. The molecule has 1 amide bonds. The van der Waals surface area contributed by atoms with Gasteiger partial charge in [-0.15, -0.1) is 0 Å². The maximum absolute atomic E-state index is 12.7. The summed E-state index contributed by atoms with van der Waals surface area (Å²) in [4.78, 5) is 21.3. The molecule has 6 heteroatoms. The van der Waals surface area contributed by atoms with Crippen molar-refractivity contribution in [2.45, 2.75) is 39.3 Å². The summed E-state index contributed by atoms with van der Waals surface area (Å²) in [6.45, 7) is 9.57. The molecular formula is C17H28N4O2. The number of anilines is 1. The number of nitrogens with zero attached hydrogens (tertiary/aromatic N) is 3. The highest BCUT2D eigenvalue weighted by molar-refractivity contribution is 5.94. The average molecular weight is 320 g/mol. The molecule has 0 unspecified atom stereocenters. The van der Waals surface area contributed by atoms with Crippen molar-refractivity contribution in [3.05, 3.63) is 23.9 Å². The first kappa shape index (κ1) is 17.7. The van der Waals surface area contributed by atoms with Crippen LogP contribution in [0.5, 0.6) is 0 Å². The van der Waals surface area contributed by atoms with Crippen LogP contribution in [0.4, 0.5) is 5.82 Å². The van der Waals surface area contributed by atoms with Crippen molar-refractivity contribution in [3.8, 4) is 0 Å². The minimum atomic E-state index is 0.0491. The Morgan fingerprint density at radius 1 is 1.43 bits per heavy atom. The minimum Gasteiger partial charge on any atom is -0.395 e. The Balaban J connectivity index is 2.00. The van der Waals surface area contributed by atoms with Gasteiger partial charge in [0.05, 0.1) is 12.2 Å². The Morgan fingerprint density at radius 3 is 2.78 bits per heavy atom. The number of pyridine rings is 1. The molecule has 1 aliphatic heterocycles. The summed E-state index contributed by atoms with van der Waals surface area (Å²) in [5.41, 5.74) is 0.618. The Morgan fingerprint density at radius 2 is 2.22 bits per heavy atom. The number of hydrogen-bond donors (Lipinski definition) is 2. The molecular weight excluding hydrogens is 292 g/mol. The molecule has 0 bridgehead atoms. The van der Waals surface area contributed by atoms with Gasteiger partial charge in [-0.25, -0.2) is 4.98 Å². The second kappa shape index (κ2) is 8.26. The molecule has 1 fully saturated rings. The Bertz CT molecular complexity index is 504. The van der Waals surface area contributed by atoms with E-state index < -0.39 is 0 Å². The van der Waals surface area contributed by atoms with Crippen molar-refractivity contribution in [3.63, 3.8) is 0 Å². The summed E-state index contributed by atoms with van der Waals surface area (Å²) in [6.07, 6.45) is 2.65. The maximum atomic E-state index is 12.7. The molecule has 0 radical (unpaired) electrons. The Kier molecular flexibility index (Phi) is 6.36. The van der Waals surface area contributed by atoms with Gasteiger partial charge in [0.25, 0.3) is 5.91 Å². The van der Waals surface area contributed by atoms with Crippen molar-refractivity contribution in [2.75, 3.05) is 38.1 Å². The van der Waals surface area contributed by atoms with Gasteiger partial charge in [0.15, 0.2) is 0 Å². The fourth-order valence-corrected chi connectivity index (χ4v) is 3.09. The molecule has 2 N–H and O–H groups in total. The zero-order chi connectivity index (χ0) is 16.8. The Labute approximate surface area is 138 Å². The fraction of sp³-hybridized carbons (Fsp3) is 0.647. The fourth-order valence-electron chi connectivity index (χ4n) is 3.09. The summed E-state index contributed by atoms with van der Waals surface area (Å²) in [5.74, 6) is 0.722. The number of aliphatic hydroxyl groups excluding tert-OH is 1. The third kappa shape index (κ3) is 4.42. The Hall–Kier alpha value is -1.66. The van der Waals surface area contributed by atoms with Crippen molar-refractivity contribution in [1.82, 2.24) is 14.8 Å². The lowest BCUT2D eigenvalue weighted by atomic mass is 10.1. The summed E-state index contributed by atoms with van der Waals surface area (Å²) in [5, 5.41) is 11.8. The van der Waals surface area contributed by atoms with Gasteiger partial charge in [-0.05, 0) is 32.4 Å². The first-order chi connectivity index (χ1) is 11.1. The number of aromatic nitrogens is 1. The van der Waals surface area contributed by atoms with E-state index in [9.17, 15) is 4.79 Å². The molecule has 1 aliphatic rings. The number of carbonyl (C=O) groups is 1. The maximum Gasteiger partial charge on any atom is 0.255 e. The van der Waals surface area contributed by atoms with E-state index in [4.69, 9.17) is 5.11 Å². The van der Waals surface area contributed by atoms with Crippen LogP contribution >= 0.6 is 0 Å². The lowest BCUT2D eigenvalue weighted by Gasteiger charge is -2.43. The van der Waals surface area contributed by atoms with Crippen LogP contribution in [0.15, 0.2) is 18.3 Å². The van der Waals surface area contributed by atoms with Crippen LogP contribution in [-0.4, -0.2) is 70.7 Å². The van der Waals surface area contributed by atoms with E-state index in [1.807, 2.05) is 4.90 Å². The van der Waals surface area contributed by atoms with Crippen molar-refractivity contribution in [1.29, 1.82) is 0 Å². The number of nitrogens with one attached hydrogen (secondary N) is 1. The minimum absolute atomic E-state index is 0.0491. The van der Waals surface area contributed by atoms with Crippen LogP contribution in [0.25, 0.3) is 0 Å². The normalized spacial score (nSPS) is 19.2. The molecule has 0 spiro atoms. The molecule has 6 nitrogen and oxygen atoms in total. The second-order valence-corrected chi connectivity index (χ2v) is 6.23. The number of rotatable bonds is 6. The molecule has 1 aromatic rings. The van der Waals surface area contributed by atoms with E-state index in [1.165, 1.54) is 0 Å². The van der Waals surface area contributed by atoms with Gasteiger partial charge in [-0.1, -0.05) is 6.92 Å². The van der Waals surface area contributed by atoms with Crippen LogP contribution in [0, 0.1) is 0 Å². The van der Waals surface area contributed by atoms with Gasteiger partial charge in [0, 0.05) is 44.5 Å². The standard InChI is InChI=1S/C17H28N4O2/c1-4-15-12-20(8-9-21(15)13(2)3)17(23)14-5-6-16(19-11-14)18-7-10-22/h5-6,11,13,15,22H,4,7-10,12H2,1-3H3,(H,18,19)/t15-/m1/s1. The lowest BCUT2D eigenvalue weighted by Crippen LogP contribution is -2.56. The van der Waals surface area contributed by atoms with E-state index in [-0.39, 0.29) is 12.5 Å². The first-order valence-corrected chi connectivity index (χ1v) is 8.42. The number of hydrogen-bond acceptors (Lipinski definition) is 5. The molecule has 2 heterocycles. The van der Waals surface area contributed by atoms with Crippen molar-refractivity contribution < 1.29 is 9.90 Å². The average Bonchev–Trinajstić information content (AvgIpc) is 2.59. The summed E-state index contributed by atoms with van der Waals surface area (Å²) >= 11 is 0. The highest BCUT2D eigenvalue weighted by Crippen LogP contribution is 2.18. The monoisotopic (exact) mass is 320 g/mol. The van der Waals surface area contributed by atoms with Gasteiger partial charge in [0.2, 0.25) is 0 Å². The number of aliphatic hydroxyl groups is 1. The molecule has 1 aromatic heterocycles. The van der Waals surface area contributed by atoms with E-state index in [2.05, 4.69) is 36.0 Å². The van der Waals surface area contributed by atoms with Crippen LogP contribution in [0.2, 0.25) is 0 Å². The summed E-state index contributed by atoms with van der Waals surface area (Å²) in [7, 11) is 0. The molecule has 23 heavy (non-hydrogen) atoms. The van der Waals surface area contributed by atoms with E-state index in [0.717, 1.165) is 26.1 Å². The van der Waals surface area contributed by atoms with Gasteiger partial charge in [-0.2, -0.15) is 0 Å². The SMILES string of the molecule is CC[C@@H]1CN(C(=O)c2ccc(NCCO)nc2)CCN1C(C)C. The predicted octanol–water partition coefficient (Wildman–Crippen LogP) is 1.43. The third-order valence-corrected chi connectivity index (χ3v) is 4.38. The lowest BCUT2D eigenvalue weighted by molar-refractivity contribution is 0.0371. The zero-order valence-corrected chi connectivity index (χ0v) is 14.3. The molecule has 0 aliphatic carbocycles. The highest BCUT2D eigenvalue weighted by Gasteiger charge is 2.30. The number of carbonyl (C=O) groups excluding carboxylic acids is 1. The van der Waals surface area contributed by atoms with Gasteiger partial charge < -0.3 is 15.3 Å². The van der Waals surface area contributed by atoms with Crippen LogP contribution in [0.3, 0.4) is 0 Å². The van der Waals surface area contributed by atoms with E-state index in [1.54, 1.807) is 18.3 Å². The molecule has 128 valence electrons. The quantitative estimate of drug-likeness (QED) is 0.830. The molecule has 0 aromatic carbocycles.